The molecule has 1 N–H and O–H groups in total. The molecule has 1 saturated heterocycles. The van der Waals surface area contributed by atoms with Gasteiger partial charge in [-0.1, -0.05) is 39.8 Å². The fourth-order valence-corrected chi connectivity index (χ4v) is 4.37. The van der Waals surface area contributed by atoms with E-state index in [-0.39, 0.29) is 29.1 Å². The summed E-state index contributed by atoms with van der Waals surface area (Å²) in [5.74, 6) is -0.685. The molecule has 0 saturated carbocycles. The highest BCUT2D eigenvalue weighted by Crippen LogP contribution is 2.33. The number of alkyl halides is 3. The van der Waals surface area contributed by atoms with Crippen LogP contribution in [0.5, 0.6) is 0 Å². The number of carbonyl (C=O) groups is 2. The lowest BCUT2D eigenvalue weighted by atomic mass is 10.2. The molecule has 5 nitrogen and oxygen atoms in total. The van der Waals surface area contributed by atoms with Gasteiger partial charge < -0.3 is 5.32 Å². The lowest BCUT2D eigenvalue weighted by Crippen LogP contribution is -2.45. The first-order valence-electron chi connectivity index (χ1n) is 8.96. The monoisotopic (exact) mass is 499 g/mol. The Labute approximate surface area is 183 Å². The standard InChI is InChI=1S/C20H17BrF3N3O2S/c1-2-27-17(28)11-16(18(29)25-15-8-4-6-13(21)10-15)30-19(27)26-14-7-3-5-12(9-14)20(22,23)24/h3-10,16H,2,11H2,1H3,(H,25,29). The van der Waals surface area contributed by atoms with E-state index in [4.69, 9.17) is 0 Å². The summed E-state index contributed by atoms with van der Waals surface area (Å²) in [5, 5.41) is 2.21. The molecule has 1 heterocycles. The van der Waals surface area contributed by atoms with Gasteiger partial charge in [0.15, 0.2) is 5.17 Å². The molecular formula is C20H17BrF3N3O2S. The van der Waals surface area contributed by atoms with Gasteiger partial charge in [0.25, 0.3) is 0 Å². The van der Waals surface area contributed by atoms with E-state index in [1.807, 2.05) is 6.07 Å². The van der Waals surface area contributed by atoms with Gasteiger partial charge in [0, 0.05) is 23.1 Å². The third-order valence-electron chi connectivity index (χ3n) is 4.24. The minimum atomic E-state index is -4.50. The summed E-state index contributed by atoms with van der Waals surface area (Å²) in [6.45, 7) is 2.03. The minimum absolute atomic E-state index is 0.0278. The van der Waals surface area contributed by atoms with Crippen molar-refractivity contribution in [3.8, 4) is 0 Å². The number of halogens is 4. The Balaban J connectivity index is 1.85. The number of rotatable bonds is 4. The zero-order valence-electron chi connectivity index (χ0n) is 15.7. The summed E-state index contributed by atoms with van der Waals surface area (Å²) < 4.78 is 39.7. The first kappa shape index (κ1) is 22.4. The zero-order valence-corrected chi connectivity index (χ0v) is 18.1. The molecule has 0 aliphatic carbocycles. The number of benzene rings is 2. The SMILES string of the molecule is CCN1C(=O)CC(C(=O)Nc2cccc(Br)c2)SC1=Nc1cccc(C(F)(F)F)c1. The van der Waals surface area contributed by atoms with Crippen LogP contribution in [0.4, 0.5) is 24.5 Å². The zero-order chi connectivity index (χ0) is 21.9. The maximum absolute atomic E-state index is 13.0. The van der Waals surface area contributed by atoms with Crippen molar-refractivity contribution in [1.82, 2.24) is 4.90 Å². The lowest BCUT2D eigenvalue weighted by molar-refractivity contribution is -0.137. The van der Waals surface area contributed by atoms with Crippen molar-refractivity contribution in [2.45, 2.75) is 24.8 Å². The Morgan fingerprint density at radius 3 is 2.67 bits per heavy atom. The molecule has 1 atom stereocenters. The Morgan fingerprint density at radius 1 is 1.27 bits per heavy atom. The van der Waals surface area contributed by atoms with Gasteiger partial charge in [-0.15, -0.1) is 0 Å². The highest BCUT2D eigenvalue weighted by atomic mass is 79.9. The van der Waals surface area contributed by atoms with Crippen molar-refractivity contribution in [1.29, 1.82) is 0 Å². The van der Waals surface area contributed by atoms with E-state index in [1.54, 1.807) is 25.1 Å². The second-order valence-corrected chi connectivity index (χ2v) is 8.48. The number of aliphatic imine (C=N–C) groups is 1. The van der Waals surface area contributed by atoms with Crippen molar-refractivity contribution in [3.05, 3.63) is 58.6 Å². The highest BCUT2D eigenvalue weighted by Gasteiger charge is 2.35. The number of nitrogens with zero attached hydrogens (tertiary/aromatic N) is 2. The summed E-state index contributed by atoms with van der Waals surface area (Å²) in [7, 11) is 0. The van der Waals surface area contributed by atoms with Crippen LogP contribution in [0.1, 0.15) is 18.9 Å². The first-order chi connectivity index (χ1) is 14.2. The fourth-order valence-electron chi connectivity index (χ4n) is 2.80. The van der Waals surface area contributed by atoms with Crippen LogP contribution in [0.15, 0.2) is 58.0 Å². The van der Waals surface area contributed by atoms with E-state index in [0.29, 0.717) is 12.2 Å². The van der Waals surface area contributed by atoms with Crippen LogP contribution in [0.25, 0.3) is 0 Å². The quantitative estimate of drug-likeness (QED) is 0.608. The van der Waals surface area contributed by atoms with Gasteiger partial charge in [0.2, 0.25) is 11.8 Å². The summed E-state index contributed by atoms with van der Waals surface area (Å²) in [6, 6.07) is 11.6. The van der Waals surface area contributed by atoms with Crippen LogP contribution < -0.4 is 5.32 Å². The molecule has 0 aromatic heterocycles. The Kier molecular flexibility index (Phi) is 6.87. The normalized spacial score (nSPS) is 18.6. The van der Waals surface area contributed by atoms with Gasteiger partial charge in [0.1, 0.15) is 5.25 Å². The molecule has 1 fully saturated rings. The second-order valence-electron chi connectivity index (χ2n) is 6.39. The van der Waals surface area contributed by atoms with Gasteiger partial charge in [-0.3, -0.25) is 14.5 Å². The third kappa shape index (κ3) is 5.42. The Bertz CT molecular complexity index is 997. The molecule has 0 spiro atoms. The highest BCUT2D eigenvalue weighted by molar-refractivity contribution is 9.10. The molecule has 158 valence electrons. The van der Waals surface area contributed by atoms with Crippen LogP contribution in [-0.2, 0) is 15.8 Å². The van der Waals surface area contributed by atoms with Crippen molar-refractivity contribution in [3.63, 3.8) is 0 Å². The largest absolute Gasteiger partial charge is 0.416 e. The van der Waals surface area contributed by atoms with Crippen molar-refractivity contribution < 1.29 is 22.8 Å². The third-order valence-corrected chi connectivity index (χ3v) is 5.92. The van der Waals surface area contributed by atoms with Gasteiger partial charge >= 0.3 is 6.18 Å². The molecule has 3 rings (SSSR count). The molecule has 10 heteroatoms. The average Bonchev–Trinajstić information content (AvgIpc) is 2.67. The molecule has 1 aliphatic heterocycles. The summed E-state index contributed by atoms with van der Waals surface area (Å²) in [5.41, 5.74) is -0.202. The predicted molar refractivity (Wildman–Crippen MR) is 115 cm³/mol. The van der Waals surface area contributed by atoms with Gasteiger partial charge in [-0.2, -0.15) is 13.2 Å². The molecular weight excluding hydrogens is 483 g/mol. The van der Waals surface area contributed by atoms with Crippen molar-refractivity contribution >= 4 is 56.0 Å². The second kappa shape index (κ2) is 9.22. The molecule has 0 bridgehead atoms. The summed E-state index contributed by atoms with van der Waals surface area (Å²) in [4.78, 5) is 30.8. The van der Waals surface area contributed by atoms with Crippen LogP contribution in [0.3, 0.4) is 0 Å². The van der Waals surface area contributed by atoms with E-state index in [2.05, 4.69) is 26.2 Å². The number of hydrogen-bond donors (Lipinski definition) is 1. The molecule has 1 unspecified atom stereocenters. The van der Waals surface area contributed by atoms with E-state index in [0.717, 1.165) is 28.4 Å². The number of nitrogens with one attached hydrogen (secondary N) is 1. The maximum Gasteiger partial charge on any atom is 0.416 e. The van der Waals surface area contributed by atoms with Crippen LogP contribution >= 0.6 is 27.7 Å². The van der Waals surface area contributed by atoms with Crippen LogP contribution in [0, 0.1) is 0 Å². The van der Waals surface area contributed by atoms with Gasteiger partial charge in [-0.25, -0.2) is 4.99 Å². The molecule has 1 aliphatic rings. The van der Waals surface area contributed by atoms with E-state index in [1.165, 1.54) is 17.0 Å². The number of amidine groups is 1. The Morgan fingerprint density at radius 2 is 2.00 bits per heavy atom. The lowest BCUT2D eigenvalue weighted by Gasteiger charge is -2.31. The number of hydrogen-bond acceptors (Lipinski definition) is 4. The van der Waals surface area contributed by atoms with Crippen LogP contribution in [0.2, 0.25) is 0 Å². The summed E-state index contributed by atoms with van der Waals surface area (Å²) >= 11 is 4.38. The molecule has 2 aromatic carbocycles. The molecule has 2 amide bonds. The topological polar surface area (TPSA) is 61.8 Å². The maximum atomic E-state index is 13.0. The number of amides is 2. The first-order valence-corrected chi connectivity index (χ1v) is 10.6. The van der Waals surface area contributed by atoms with E-state index >= 15 is 0 Å². The van der Waals surface area contributed by atoms with Gasteiger partial charge in [-0.05, 0) is 43.3 Å². The van der Waals surface area contributed by atoms with Crippen molar-refractivity contribution in [2.75, 3.05) is 11.9 Å². The number of thioether (sulfide) groups is 1. The fraction of sp³-hybridized carbons (Fsp3) is 0.250. The van der Waals surface area contributed by atoms with E-state index in [9.17, 15) is 22.8 Å². The summed E-state index contributed by atoms with van der Waals surface area (Å²) in [6.07, 6.45) is -4.53. The van der Waals surface area contributed by atoms with Gasteiger partial charge in [0.05, 0.1) is 11.3 Å². The molecule has 0 radical (unpaired) electrons. The molecule has 30 heavy (non-hydrogen) atoms. The van der Waals surface area contributed by atoms with Crippen molar-refractivity contribution in [2.24, 2.45) is 4.99 Å². The molecule has 2 aromatic rings. The minimum Gasteiger partial charge on any atom is -0.325 e. The smallest absolute Gasteiger partial charge is 0.325 e. The number of carbonyl (C=O) groups excluding carboxylic acids is 2. The van der Waals surface area contributed by atoms with Crippen LogP contribution in [-0.4, -0.2) is 33.7 Å². The predicted octanol–water partition coefficient (Wildman–Crippen LogP) is 5.45. The Hall–Kier alpha value is -2.33. The average molecular weight is 500 g/mol. The number of anilines is 1. The van der Waals surface area contributed by atoms with E-state index < -0.39 is 17.0 Å².